The number of oxime groups is 1. The number of carbonyl (C=O) groups excluding carboxylic acids is 3. The zero-order valence-corrected chi connectivity index (χ0v) is 26.2. The number of fused-ring (bicyclic) bond motifs is 2. The molecule has 0 aromatic carbocycles. The number of β-lactam (4-membered cyclic amide) rings is 1. The molecule has 0 unspecified atom stereocenters. The lowest BCUT2D eigenvalue weighted by Crippen LogP contribution is -2.71. The number of hydrogen-bond acceptors (Lipinski definition) is 15. The summed E-state index contributed by atoms with van der Waals surface area (Å²) in [4.78, 5) is 62.9. The first kappa shape index (κ1) is 30.5. The van der Waals surface area contributed by atoms with Gasteiger partial charge in [0.2, 0.25) is 11.5 Å². The number of anilines is 1. The van der Waals surface area contributed by atoms with Crippen LogP contribution in [0.1, 0.15) is 31.5 Å². The molecule has 1 saturated heterocycles. The van der Waals surface area contributed by atoms with Crippen molar-refractivity contribution in [3.63, 3.8) is 0 Å². The number of allylic oxidation sites excluding steroid dienone is 3. The normalized spacial score (nSPS) is 23.2. The van der Waals surface area contributed by atoms with E-state index in [-0.39, 0.29) is 34.2 Å². The largest absolute Gasteiger partial charge is 0.477 e. The van der Waals surface area contributed by atoms with E-state index in [9.17, 15) is 24.3 Å². The van der Waals surface area contributed by atoms with Crippen LogP contribution in [0.5, 0.6) is 0 Å². The average molecular weight is 673 g/mol. The molecule has 0 radical (unpaired) electrons. The predicted molar refractivity (Wildman–Crippen MR) is 167 cm³/mol. The minimum atomic E-state index is -1.26. The molecule has 1 aliphatic carbocycles. The molecule has 7 N–H and O–H groups in total. The number of hydrazine groups is 1. The third-order valence-electron chi connectivity index (χ3n) is 7.49. The topological polar surface area (TPSA) is 222 Å². The van der Waals surface area contributed by atoms with E-state index >= 15 is 0 Å². The molecule has 5 aliphatic rings. The van der Waals surface area contributed by atoms with Crippen LogP contribution in [0.15, 0.2) is 62.8 Å². The fraction of sp³-hybridized carbons (Fsp3) is 0.346. The number of carbonyl (C=O) groups is 4. The molecule has 19 heteroatoms. The van der Waals surface area contributed by atoms with Crippen molar-refractivity contribution in [3.05, 3.63) is 63.5 Å². The average Bonchev–Trinajstić information content (AvgIpc) is 3.76. The van der Waals surface area contributed by atoms with Gasteiger partial charge in [-0.3, -0.25) is 24.7 Å². The number of carboxylic acid groups (broad SMARTS) is 1. The number of nitrogens with one attached hydrogen (secondary N) is 2. The highest BCUT2D eigenvalue weighted by Gasteiger charge is 2.54. The monoisotopic (exact) mass is 672 g/mol. The molecular formula is C26H28N10O6S3. The summed E-state index contributed by atoms with van der Waals surface area (Å²) < 4.78 is 4.07. The van der Waals surface area contributed by atoms with Gasteiger partial charge in [-0.2, -0.15) is 9.36 Å². The van der Waals surface area contributed by atoms with Crippen LogP contribution in [0, 0.1) is 0 Å². The Morgan fingerprint density at radius 1 is 1.29 bits per heavy atom. The maximum absolute atomic E-state index is 13.3. The van der Waals surface area contributed by atoms with E-state index in [1.165, 1.54) is 28.4 Å². The summed E-state index contributed by atoms with van der Waals surface area (Å²) in [7, 11) is 1.73. The molecule has 0 spiro atoms. The van der Waals surface area contributed by atoms with Crippen LogP contribution >= 0.6 is 35.1 Å². The first-order chi connectivity index (χ1) is 21.6. The van der Waals surface area contributed by atoms with Crippen molar-refractivity contribution in [1.29, 1.82) is 0 Å². The summed E-state index contributed by atoms with van der Waals surface area (Å²) in [5.74, 6) is -2.12. The van der Waals surface area contributed by atoms with Crippen molar-refractivity contribution in [2.24, 2.45) is 10.9 Å². The zero-order valence-electron chi connectivity index (χ0n) is 23.7. The molecular weight excluding hydrogens is 645 g/mol. The Bertz CT molecular complexity index is 1640. The number of hydrogen-bond donors (Lipinski definition) is 5. The van der Waals surface area contributed by atoms with Crippen molar-refractivity contribution >= 4 is 69.6 Å². The summed E-state index contributed by atoms with van der Waals surface area (Å²) in [5.41, 5.74) is 14.7. The molecule has 1 saturated carbocycles. The second-order valence-electron chi connectivity index (χ2n) is 10.3. The minimum Gasteiger partial charge on any atom is -0.477 e. The summed E-state index contributed by atoms with van der Waals surface area (Å²) >= 11 is 3.51. The Labute approximate surface area is 269 Å². The first-order valence-electron chi connectivity index (χ1n) is 13.7. The van der Waals surface area contributed by atoms with E-state index in [1.807, 2.05) is 12.2 Å². The van der Waals surface area contributed by atoms with Crippen molar-refractivity contribution in [2.45, 2.75) is 43.2 Å². The van der Waals surface area contributed by atoms with E-state index in [1.54, 1.807) is 34.6 Å². The second kappa shape index (κ2) is 12.5. The van der Waals surface area contributed by atoms with E-state index in [2.05, 4.69) is 25.3 Å². The number of nitrogens with two attached hydrogens (primary N) is 2. The van der Waals surface area contributed by atoms with Crippen molar-refractivity contribution in [2.75, 3.05) is 18.5 Å². The van der Waals surface area contributed by atoms with Crippen LogP contribution in [0.4, 0.5) is 5.13 Å². The highest BCUT2D eigenvalue weighted by molar-refractivity contribution is 8.05. The van der Waals surface area contributed by atoms with E-state index in [4.69, 9.17) is 16.3 Å². The fourth-order valence-corrected chi connectivity index (χ4v) is 7.68. The lowest BCUT2D eigenvalue weighted by molar-refractivity contribution is -0.150. The van der Waals surface area contributed by atoms with E-state index in [0.29, 0.717) is 22.1 Å². The Morgan fingerprint density at radius 3 is 2.76 bits per heavy atom. The molecule has 2 atom stereocenters. The second-order valence-corrected chi connectivity index (χ2v) is 13.2. The van der Waals surface area contributed by atoms with Crippen molar-refractivity contribution in [1.82, 2.24) is 34.9 Å². The minimum absolute atomic E-state index is 0.0145. The molecule has 236 valence electrons. The molecule has 3 amide bonds. The predicted octanol–water partition coefficient (Wildman–Crippen LogP) is 0.544. The van der Waals surface area contributed by atoms with Crippen LogP contribution < -0.4 is 22.2 Å². The van der Waals surface area contributed by atoms with Crippen LogP contribution in [0.3, 0.4) is 0 Å². The van der Waals surface area contributed by atoms with Crippen molar-refractivity contribution < 1.29 is 29.1 Å². The molecule has 4 aliphatic heterocycles. The van der Waals surface area contributed by atoms with Crippen LogP contribution in [-0.4, -0.2) is 89.0 Å². The van der Waals surface area contributed by atoms with Gasteiger partial charge in [0, 0.05) is 24.3 Å². The van der Waals surface area contributed by atoms with Gasteiger partial charge in [0.05, 0.1) is 11.2 Å². The summed E-state index contributed by atoms with van der Waals surface area (Å²) in [6.45, 7) is 0. The highest BCUT2D eigenvalue weighted by atomic mass is 32.2. The Balaban J connectivity index is 1.13. The summed E-state index contributed by atoms with van der Waals surface area (Å²) in [6, 6.07) is -0.987. The van der Waals surface area contributed by atoms with Gasteiger partial charge in [-0.15, -0.1) is 11.8 Å². The van der Waals surface area contributed by atoms with Gasteiger partial charge in [-0.1, -0.05) is 16.9 Å². The molecule has 2 fully saturated rings. The number of rotatable bonds is 10. The maximum Gasteiger partial charge on any atom is 0.352 e. The molecule has 0 bridgehead atoms. The number of thioether (sulfide) groups is 2. The summed E-state index contributed by atoms with van der Waals surface area (Å²) in [5, 5.41) is 20.3. The SMILES string of the molecule is CN1C(C(N)=O)=CN2NC(S/C=C/C3=C(C(=O)O)N4C(=O)[C@@H](NC(=O)/C(=N\OC5CCCC5)c5nsc(N)n5)[C@@H]4SC3)=CC=C21. The smallest absolute Gasteiger partial charge is 0.352 e. The van der Waals surface area contributed by atoms with Crippen molar-refractivity contribution in [3.8, 4) is 0 Å². The highest BCUT2D eigenvalue weighted by Crippen LogP contribution is 2.41. The number of likely N-dealkylation sites (N-methyl/N-ethyl adjacent to an activating group) is 1. The first-order valence-corrected chi connectivity index (χ1v) is 16.4. The van der Waals surface area contributed by atoms with Gasteiger partial charge in [0.15, 0.2) is 5.13 Å². The molecule has 5 heterocycles. The van der Waals surface area contributed by atoms with Gasteiger partial charge >= 0.3 is 5.97 Å². The van der Waals surface area contributed by atoms with E-state index < -0.39 is 35.1 Å². The number of primary amides is 1. The molecule has 1 aromatic heterocycles. The Hall–Kier alpha value is -4.49. The summed E-state index contributed by atoms with van der Waals surface area (Å²) in [6.07, 6.45) is 10.4. The molecule has 16 nitrogen and oxygen atoms in total. The third-order valence-corrected chi connectivity index (χ3v) is 10.1. The number of nitrogens with zero attached hydrogens (tertiary/aromatic N) is 6. The maximum atomic E-state index is 13.3. The Morgan fingerprint density at radius 2 is 2.07 bits per heavy atom. The quantitative estimate of drug-likeness (QED) is 0.130. The van der Waals surface area contributed by atoms with Gasteiger partial charge in [-0.25, -0.2) is 9.80 Å². The number of carboxylic acids is 1. The zero-order chi connectivity index (χ0) is 31.8. The van der Waals surface area contributed by atoms with Crippen LogP contribution in [-0.2, 0) is 24.0 Å². The third kappa shape index (κ3) is 5.97. The Kier molecular flexibility index (Phi) is 8.47. The number of aromatic nitrogens is 2. The van der Waals surface area contributed by atoms with Gasteiger partial charge in [0.1, 0.15) is 34.7 Å². The van der Waals surface area contributed by atoms with Crippen LogP contribution in [0.25, 0.3) is 0 Å². The molecule has 6 rings (SSSR count). The van der Waals surface area contributed by atoms with Gasteiger partial charge < -0.3 is 31.6 Å². The van der Waals surface area contributed by atoms with E-state index in [0.717, 1.165) is 37.2 Å². The lowest BCUT2D eigenvalue weighted by atomic mass is 10.0. The van der Waals surface area contributed by atoms with Crippen LogP contribution in [0.2, 0.25) is 0 Å². The fourth-order valence-electron chi connectivity index (χ4n) is 5.25. The van der Waals surface area contributed by atoms with Gasteiger partial charge in [0.25, 0.3) is 17.7 Å². The standard InChI is InChI=1S/C26H28N10O6S3/c1-34-14(20(27)37)10-35-16(34)7-6-15(31-35)43-9-8-12-11-44-24-18(23(39)36(24)19(12)25(40)41)29-22(38)17(21-30-26(28)45-33-21)32-42-13-4-2-3-5-13/h6-10,13,18,24,31H,2-5,11H2,1H3,(H2,27,37)(H,29,38)(H,40,41)(H2,28,30,33)/b9-8+,32-17-/t18-,24+/m1/s1. The number of aliphatic carboxylic acids is 1. The number of amides is 3. The molecule has 1 aromatic rings. The number of nitrogen functional groups attached to an aromatic ring is 1. The molecule has 45 heavy (non-hydrogen) atoms. The lowest BCUT2D eigenvalue weighted by Gasteiger charge is -2.49. The van der Waals surface area contributed by atoms with Gasteiger partial charge in [-0.05, 0) is 54.9 Å².